The van der Waals surface area contributed by atoms with E-state index in [1.807, 2.05) is 24.3 Å². The van der Waals surface area contributed by atoms with Crippen LogP contribution < -0.4 is 10.2 Å². The quantitative estimate of drug-likeness (QED) is 0.600. The summed E-state index contributed by atoms with van der Waals surface area (Å²) in [4.78, 5) is 14.0. The third-order valence-corrected chi connectivity index (χ3v) is 3.35. The molecule has 4 nitrogen and oxygen atoms in total. The highest BCUT2D eigenvalue weighted by molar-refractivity contribution is 5.91. The fourth-order valence-electron chi connectivity index (χ4n) is 2.19. The van der Waals surface area contributed by atoms with Crippen molar-refractivity contribution in [2.45, 2.75) is 13.3 Å². The molecule has 0 aliphatic heterocycles. The number of benzene rings is 1. The SMILES string of the molecule is CCN(CCCNC(=O)/C=C\c1ccco1)c1ccccc1. The van der Waals surface area contributed by atoms with Crippen LogP contribution in [0.25, 0.3) is 6.08 Å². The van der Waals surface area contributed by atoms with Crippen LogP contribution in [0.5, 0.6) is 0 Å². The number of amides is 1. The first kappa shape index (κ1) is 15.9. The lowest BCUT2D eigenvalue weighted by atomic mass is 10.2. The molecule has 0 unspecified atom stereocenters. The van der Waals surface area contributed by atoms with E-state index in [0.717, 1.165) is 19.5 Å². The Labute approximate surface area is 131 Å². The van der Waals surface area contributed by atoms with E-state index in [1.54, 1.807) is 18.4 Å². The lowest BCUT2D eigenvalue weighted by Crippen LogP contribution is -2.29. The molecule has 2 rings (SSSR count). The Morgan fingerprint density at radius 3 is 2.73 bits per heavy atom. The van der Waals surface area contributed by atoms with Gasteiger partial charge in [-0.3, -0.25) is 4.79 Å². The summed E-state index contributed by atoms with van der Waals surface area (Å²) in [5.74, 6) is 0.579. The summed E-state index contributed by atoms with van der Waals surface area (Å²) < 4.78 is 5.13. The molecule has 0 aliphatic rings. The van der Waals surface area contributed by atoms with Crippen LogP contribution in [0.3, 0.4) is 0 Å². The number of carbonyl (C=O) groups excluding carboxylic acids is 1. The predicted molar refractivity (Wildman–Crippen MR) is 89.7 cm³/mol. The number of nitrogens with one attached hydrogen (secondary N) is 1. The van der Waals surface area contributed by atoms with E-state index in [4.69, 9.17) is 4.42 Å². The van der Waals surface area contributed by atoms with Crippen molar-refractivity contribution in [1.29, 1.82) is 0 Å². The average molecular weight is 298 g/mol. The number of hydrogen-bond donors (Lipinski definition) is 1. The number of nitrogens with zero attached hydrogens (tertiary/aromatic N) is 1. The molecule has 1 amide bonds. The minimum absolute atomic E-state index is 0.0980. The van der Waals surface area contributed by atoms with Gasteiger partial charge >= 0.3 is 0 Å². The van der Waals surface area contributed by atoms with Gasteiger partial charge in [0.15, 0.2) is 0 Å². The molecular formula is C18H22N2O2. The number of furan rings is 1. The zero-order valence-corrected chi connectivity index (χ0v) is 12.9. The molecule has 22 heavy (non-hydrogen) atoms. The molecule has 1 aromatic carbocycles. The number of hydrogen-bond acceptors (Lipinski definition) is 3. The van der Waals surface area contributed by atoms with E-state index in [0.29, 0.717) is 12.3 Å². The molecule has 2 aromatic rings. The van der Waals surface area contributed by atoms with Gasteiger partial charge in [-0.15, -0.1) is 0 Å². The maximum absolute atomic E-state index is 11.7. The monoisotopic (exact) mass is 298 g/mol. The van der Waals surface area contributed by atoms with Crippen LogP contribution in [0.1, 0.15) is 19.1 Å². The molecule has 1 N–H and O–H groups in total. The van der Waals surface area contributed by atoms with Crippen molar-refractivity contribution in [3.8, 4) is 0 Å². The van der Waals surface area contributed by atoms with Crippen LogP contribution >= 0.6 is 0 Å². The normalized spacial score (nSPS) is 10.8. The van der Waals surface area contributed by atoms with E-state index in [9.17, 15) is 4.79 Å². The van der Waals surface area contributed by atoms with Gasteiger partial charge in [-0.25, -0.2) is 0 Å². The van der Waals surface area contributed by atoms with Crippen LogP contribution in [-0.2, 0) is 4.79 Å². The van der Waals surface area contributed by atoms with Gasteiger partial charge in [0.25, 0.3) is 0 Å². The zero-order chi connectivity index (χ0) is 15.6. The Morgan fingerprint density at radius 2 is 2.05 bits per heavy atom. The highest BCUT2D eigenvalue weighted by atomic mass is 16.3. The van der Waals surface area contributed by atoms with E-state index < -0.39 is 0 Å². The lowest BCUT2D eigenvalue weighted by molar-refractivity contribution is -0.116. The molecular weight excluding hydrogens is 276 g/mol. The van der Waals surface area contributed by atoms with Gasteiger partial charge in [0, 0.05) is 31.4 Å². The number of carbonyl (C=O) groups is 1. The van der Waals surface area contributed by atoms with E-state index in [2.05, 4.69) is 29.3 Å². The summed E-state index contributed by atoms with van der Waals surface area (Å²) in [6, 6.07) is 13.9. The molecule has 0 aliphatic carbocycles. The van der Waals surface area contributed by atoms with E-state index in [-0.39, 0.29) is 5.91 Å². The van der Waals surface area contributed by atoms with Gasteiger partial charge in [0.2, 0.25) is 5.91 Å². The Kier molecular flexibility index (Phi) is 6.30. The topological polar surface area (TPSA) is 45.5 Å². The van der Waals surface area contributed by atoms with Crippen molar-refractivity contribution in [2.75, 3.05) is 24.5 Å². The largest absolute Gasteiger partial charge is 0.465 e. The number of anilines is 1. The van der Waals surface area contributed by atoms with Crippen molar-refractivity contribution in [3.63, 3.8) is 0 Å². The summed E-state index contributed by atoms with van der Waals surface area (Å²) in [6.45, 7) is 4.67. The first-order valence-corrected chi connectivity index (χ1v) is 7.59. The molecule has 1 heterocycles. The molecule has 0 spiro atoms. The molecule has 1 aromatic heterocycles. The summed E-state index contributed by atoms with van der Waals surface area (Å²) in [6.07, 6.45) is 5.65. The number of para-hydroxylation sites is 1. The Hall–Kier alpha value is -2.49. The van der Waals surface area contributed by atoms with Crippen molar-refractivity contribution in [1.82, 2.24) is 5.32 Å². The van der Waals surface area contributed by atoms with E-state index in [1.165, 1.54) is 11.8 Å². The van der Waals surface area contributed by atoms with Crippen molar-refractivity contribution < 1.29 is 9.21 Å². The van der Waals surface area contributed by atoms with Crippen LogP contribution in [0.4, 0.5) is 5.69 Å². The van der Waals surface area contributed by atoms with Gasteiger partial charge in [-0.1, -0.05) is 18.2 Å². The second-order valence-electron chi connectivity index (χ2n) is 4.91. The van der Waals surface area contributed by atoms with Crippen LogP contribution in [-0.4, -0.2) is 25.5 Å². The first-order chi connectivity index (χ1) is 10.8. The van der Waals surface area contributed by atoms with Gasteiger partial charge < -0.3 is 14.6 Å². The van der Waals surface area contributed by atoms with Gasteiger partial charge in [-0.05, 0) is 43.7 Å². The summed E-state index contributed by atoms with van der Waals surface area (Å²) >= 11 is 0. The standard InChI is InChI=1S/C18H22N2O2/c1-2-20(16-8-4-3-5-9-16)14-7-13-19-18(21)12-11-17-10-6-15-22-17/h3-6,8-12,15H,2,7,13-14H2,1H3,(H,19,21)/b12-11-. The highest BCUT2D eigenvalue weighted by Crippen LogP contribution is 2.12. The second kappa shape index (κ2) is 8.72. The van der Waals surface area contributed by atoms with Crippen molar-refractivity contribution in [2.24, 2.45) is 0 Å². The minimum atomic E-state index is -0.0980. The van der Waals surface area contributed by atoms with Crippen LogP contribution in [0.15, 0.2) is 59.2 Å². The van der Waals surface area contributed by atoms with Gasteiger partial charge in [0.05, 0.1) is 6.26 Å². The zero-order valence-electron chi connectivity index (χ0n) is 12.9. The maximum atomic E-state index is 11.7. The lowest BCUT2D eigenvalue weighted by Gasteiger charge is -2.23. The smallest absolute Gasteiger partial charge is 0.244 e. The minimum Gasteiger partial charge on any atom is -0.465 e. The fourth-order valence-corrected chi connectivity index (χ4v) is 2.19. The van der Waals surface area contributed by atoms with Gasteiger partial charge in [-0.2, -0.15) is 0 Å². The Balaban J connectivity index is 1.69. The maximum Gasteiger partial charge on any atom is 0.244 e. The Bertz CT molecular complexity index is 576. The molecule has 0 bridgehead atoms. The van der Waals surface area contributed by atoms with Crippen LogP contribution in [0.2, 0.25) is 0 Å². The fraction of sp³-hybridized carbons (Fsp3) is 0.278. The summed E-state index contributed by atoms with van der Waals surface area (Å²) in [5.41, 5.74) is 1.22. The Morgan fingerprint density at radius 1 is 1.23 bits per heavy atom. The molecule has 116 valence electrons. The third kappa shape index (κ3) is 5.13. The molecule has 4 heteroatoms. The third-order valence-electron chi connectivity index (χ3n) is 3.35. The van der Waals surface area contributed by atoms with Crippen molar-refractivity contribution >= 4 is 17.7 Å². The number of rotatable bonds is 8. The molecule has 0 radical (unpaired) electrons. The van der Waals surface area contributed by atoms with E-state index >= 15 is 0 Å². The van der Waals surface area contributed by atoms with Gasteiger partial charge in [0.1, 0.15) is 5.76 Å². The summed E-state index contributed by atoms with van der Waals surface area (Å²) in [5, 5.41) is 2.88. The molecule has 0 atom stereocenters. The molecule has 0 saturated carbocycles. The predicted octanol–water partition coefficient (Wildman–Crippen LogP) is 3.33. The van der Waals surface area contributed by atoms with Crippen LogP contribution in [0, 0.1) is 0 Å². The first-order valence-electron chi connectivity index (χ1n) is 7.59. The second-order valence-corrected chi connectivity index (χ2v) is 4.91. The molecule has 0 fully saturated rings. The highest BCUT2D eigenvalue weighted by Gasteiger charge is 2.03. The average Bonchev–Trinajstić information content (AvgIpc) is 3.07. The molecule has 0 saturated heterocycles. The van der Waals surface area contributed by atoms with Crippen molar-refractivity contribution in [3.05, 3.63) is 60.6 Å². The summed E-state index contributed by atoms with van der Waals surface area (Å²) in [7, 11) is 0.